The quantitative estimate of drug-likeness (QED) is 0.287. The molecule has 23 heavy (non-hydrogen) atoms. The second-order valence-corrected chi connectivity index (χ2v) is 5.20. The lowest BCUT2D eigenvalue weighted by Crippen LogP contribution is -2.12. The SMILES string of the molecule is N=NN=C(N)c1cccc(NCc2ccc3ccccc3c2)c1. The molecule has 0 unspecified atom stereocenters. The highest BCUT2D eigenvalue weighted by atomic mass is 15.3. The zero-order valence-electron chi connectivity index (χ0n) is 12.5. The highest BCUT2D eigenvalue weighted by Gasteiger charge is 2.01. The maximum absolute atomic E-state index is 6.74. The molecule has 0 atom stereocenters. The number of amidine groups is 1. The molecule has 4 N–H and O–H groups in total. The first kappa shape index (κ1) is 14.7. The minimum Gasteiger partial charge on any atom is -0.382 e. The van der Waals surface area contributed by atoms with Crippen LogP contribution in [0.25, 0.3) is 10.8 Å². The number of fused-ring (bicyclic) bond motifs is 1. The van der Waals surface area contributed by atoms with E-state index in [1.165, 1.54) is 16.3 Å². The van der Waals surface area contributed by atoms with Gasteiger partial charge < -0.3 is 11.1 Å². The molecular formula is C18H17N5. The van der Waals surface area contributed by atoms with Gasteiger partial charge in [-0.1, -0.05) is 53.8 Å². The van der Waals surface area contributed by atoms with Crippen LogP contribution in [0.3, 0.4) is 0 Å². The van der Waals surface area contributed by atoms with Gasteiger partial charge in [-0.05, 0) is 34.5 Å². The second-order valence-electron chi connectivity index (χ2n) is 5.20. The van der Waals surface area contributed by atoms with Gasteiger partial charge in [0.25, 0.3) is 0 Å². The summed E-state index contributed by atoms with van der Waals surface area (Å²) < 4.78 is 0. The molecule has 0 amide bonds. The number of hydrogen-bond acceptors (Lipinski definition) is 3. The average molecular weight is 303 g/mol. The van der Waals surface area contributed by atoms with Crippen LogP contribution in [0.5, 0.6) is 0 Å². The normalized spacial score (nSPS) is 11.4. The average Bonchev–Trinajstić information content (AvgIpc) is 2.60. The summed E-state index contributed by atoms with van der Waals surface area (Å²) in [5.41, 5.74) is 15.4. The Morgan fingerprint density at radius 2 is 1.78 bits per heavy atom. The van der Waals surface area contributed by atoms with E-state index in [0.29, 0.717) is 6.54 Å². The van der Waals surface area contributed by atoms with Crippen molar-refractivity contribution in [2.75, 3.05) is 5.32 Å². The predicted octanol–water partition coefficient (Wildman–Crippen LogP) is 4.10. The zero-order valence-corrected chi connectivity index (χ0v) is 12.5. The molecule has 3 rings (SSSR count). The van der Waals surface area contributed by atoms with Gasteiger partial charge in [0.1, 0.15) is 0 Å². The second kappa shape index (κ2) is 6.70. The first-order valence-electron chi connectivity index (χ1n) is 7.28. The molecule has 114 valence electrons. The largest absolute Gasteiger partial charge is 0.382 e. The van der Waals surface area contributed by atoms with Gasteiger partial charge >= 0.3 is 0 Å². The lowest BCUT2D eigenvalue weighted by Gasteiger charge is -2.09. The zero-order chi connectivity index (χ0) is 16.1. The summed E-state index contributed by atoms with van der Waals surface area (Å²) in [6, 6.07) is 22.3. The number of nitrogens with two attached hydrogens (primary N) is 1. The summed E-state index contributed by atoms with van der Waals surface area (Å²) >= 11 is 0. The molecule has 0 radical (unpaired) electrons. The van der Waals surface area contributed by atoms with E-state index >= 15 is 0 Å². The molecule has 0 aromatic heterocycles. The van der Waals surface area contributed by atoms with Crippen molar-refractivity contribution in [1.29, 1.82) is 5.53 Å². The Morgan fingerprint density at radius 1 is 0.957 bits per heavy atom. The number of hydrogen-bond donors (Lipinski definition) is 3. The molecular weight excluding hydrogens is 286 g/mol. The highest BCUT2D eigenvalue weighted by molar-refractivity contribution is 5.98. The van der Waals surface area contributed by atoms with Crippen LogP contribution >= 0.6 is 0 Å². The first-order valence-corrected chi connectivity index (χ1v) is 7.28. The highest BCUT2D eigenvalue weighted by Crippen LogP contribution is 2.17. The van der Waals surface area contributed by atoms with Gasteiger partial charge in [-0.25, -0.2) is 0 Å². The van der Waals surface area contributed by atoms with Gasteiger partial charge in [-0.3, -0.25) is 0 Å². The third kappa shape index (κ3) is 3.52. The third-order valence-corrected chi connectivity index (χ3v) is 3.63. The molecule has 0 saturated carbocycles. The number of nitrogens with one attached hydrogen (secondary N) is 2. The van der Waals surface area contributed by atoms with Crippen molar-refractivity contribution in [2.24, 2.45) is 16.1 Å². The molecule has 0 fully saturated rings. The Morgan fingerprint density at radius 3 is 2.61 bits per heavy atom. The van der Waals surface area contributed by atoms with Crippen LogP contribution < -0.4 is 11.1 Å². The van der Waals surface area contributed by atoms with E-state index in [1.807, 2.05) is 36.4 Å². The predicted molar refractivity (Wildman–Crippen MR) is 93.6 cm³/mol. The Bertz CT molecular complexity index is 870. The summed E-state index contributed by atoms with van der Waals surface area (Å²) in [5.74, 6) is 0.231. The number of benzene rings is 3. The van der Waals surface area contributed by atoms with Gasteiger partial charge in [-0.15, -0.1) is 5.10 Å². The van der Waals surface area contributed by atoms with Crippen molar-refractivity contribution < 1.29 is 0 Å². The smallest absolute Gasteiger partial charge is 0.155 e. The van der Waals surface area contributed by atoms with Crippen molar-refractivity contribution in [3.63, 3.8) is 0 Å². The van der Waals surface area contributed by atoms with Crippen molar-refractivity contribution in [1.82, 2.24) is 0 Å². The minimum absolute atomic E-state index is 0.231. The lowest BCUT2D eigenvalue weighted by atomic mass is 10.1. The summed E-state index contributed by atoms with van der Waals surface area (Å²) in [5, 5.41) is 12.3. The summed E-state index contributed by atoms with van der Waals surface area (Å²) in [6.07, 6.45) is 0. The summed E-state index contributed by atoms with van der Waals surface area (Å²) in [6.45, 7) is 0.716. The van der Waals surface area contributed by atoms with E-state index in [0.717, 1.165) is 11.3 Å². The lowest BCUT2D eigenvalue weighted by molar-refractivity contribution is 0.986. The van der Waals surface area contributed by atoms with Crippen LogP contribution in [-0.4, -0.2) is 5.84 Å². The van der Waals surface area contributed by atoms with Crippen molar-refractivity contribution in [2.45, 2.75) is 6.54 Å². The standard InChI is InChI=1S/C18H17N5/c19-18(22-23-20)16-6-3-7-17(11-16)21-12-13-8-9-14-4-1-2-5-15(14)10-13/h1-11,21H,12H2,(H3,19,20,22). The van der Waals surface area contributed by atoms with Gasteiger partial charge in [0.05, 0.1) is 0 Å². The molecule has 0 saturated heterocycles. The Kier molecular flexibility index (Phi) is 4.29. The van der Waals surface area contributed by atoms with E-state index in [4.69, 9.17) is 11.3 Å². The molecule has 3 aromatic carbocycles. The monoisotopic (exact) mass is 303 g/mol. The fraction of sp³-hybridized carbons (Fsp3) is 0.0556. The van der Waals surface area contributed by atoms with E-state index in [-0.39, 0.29) is 5.84 Å². The number of nitrogens with zero attached hydrogens (tertiary/aromatic N) is 2. The molecule has 0 bridgehead atoms. The fourth-order valence-corrected chi connectivity index (χ4v) is 2.45. The minimum atomic E-state index is 0.231. The van der Waals surface area contributed by atoms with Gasteiger partial charge in [0, 0.05) is 17.8 Å². The van der Waals surface area contributed by atoms with Crippen LogP contribution in [-0.2, 0) is 6.54 Å². The maximum Gasteiger partial charge on any atom is 0.155 e. The molecule has 5 heteroatoms. The van der Waals surface area contributed by atoms with Crippen LogP contribution in [0.15, 0.2) is 77.1 Å². The molecule has 0 aliphatic rings. The fourth-order valence-electron chi connectivity index (χ4n) is 2.45. The molecule has 0 aliphatic heterocycles. The van der Waals surface area contributed by atoms with E-state index in [9.17, 15) is 0 Å². The maximum atomic E-state index is 6.74. The molecule has 0 heterocycles. The topological polar surface area (TPSA) is 86.6 Å². The van der Waals surface area contributed by atoms with Crippen molar-refractivity contribution in [3.05, 3.63) is 77.9 Å². The van der Waals surface area contributed by atoms with Gasteiger partial charge in [-0.2, -0.15) is 5.53 Å². The first-order chi connectivity index (χ1) is 11.3. The Balaban J connectivity index is 1.75. The molecule has 3 aromatic rings. The van der Waals surface area contributed by atoms with Crippen molar-refractivity contribution >= 4 is 22.3 Å². The summed E-state index contributed by atoms with van der Waals surface area (Å²) in [4.78, 5) is 0. The number of rotatable bonds is 5. The van der Waals surface area contributed by atoms with E-state index in [2.05, 4.69) is 46.0 Å². The molecule has 0 aliphatic carbocycles. The van der Waals surface area contributed by atoms with Gasteiger partial charge in [0.15, 0.2) is 5.84 Å². The van der Waals surface area contributed by atoms with Crippen LogP contribution in [0.2, 0.25) is 0 Å². The van der Waals surface area contributed by atoms with E-state index < -0.39 is 0 Å². The van der Waals surface area contributed by atoms with Crippen molar-refractivity contribution in [3.8, 4) is 0 Å². The van der Waals surface area contributed by atoms with E-state index in [1.54, 1.807) is 0 Å². The van der Waals surface area contributed by atoms with Crippen LogP contribution in [0.1, 0.15) is 11.1 Å². The van der Waals surface area contributed by atoms with Crippen LogP contribution in [0.4, 0.5) is 5.69 Å². The Labute approximate surface area is 134 Å². The third-order valence-electron chi connectivity index (χ3n) is 3.63. The van der Waals surface area contributed by atoms with Gasteiger partial charge in [0.2, 0.25) is 0 Å². The molecule has 0 spiro atoms. The number of anilines is 1. The molecule has 5 nitrogen and oxygen atoms in total. The van der Waals surface area contributed by atoms with Crippen LogP contribution in [0, 0.1) is 5.53 Å². The Hall–Kier alpha value is -3.21. The summed E-state index contributed by atoms with van der Waals surface area (Å²) in [7, 11) is 0.